The summed E-state index contributed by atoms with van der Waals surface area (Å²) in [5.74, 6) is -1.86. The first-order valence-corrected chi connectivity index (χ1v) is 16.4. The van der Waals surface area contributed by atoms with Crippen molar-refractivity contribution >= 4 is 29.3 Å². The van der Waals surface area contributed by atoms with Gasteiger partial charge in [-0.25, -0.2) is 4.98 Å². The molecule has 0 spiro atoms. The van der Waals surface area contributed by atoms with Crippen LogP contribution in [0, 0.1) is 5.92 Å². The van der Waals surface area contributed by atoms with Crippen molar-refractivity contribution < 1.29 is 42.9 Å². The van der Waals surface area contributed by atoms with Crippen LogP contribution in [0.3, 0.4) is 0 Å². The van der Waals surface area contributed by atoms with E-state index in [1.807, 2.05) is 6.92 Å². The number of aromatic amines is 1. The molecule has 1 aromatic rings. The number of primary amides is 1. The first kappa shape index (κ1) is 39.9. The van der Waals surface area contributed by atoms with Crippen molar-refractivity contribution in [3.8, 4) is 0 Å². The van der Waals surface area contributed by atoms with E-state index in [4.69, 9.17) is 30.4 Å². The Bertz CT molecular complexity index is 1070. The number of unbranched alkanes of at least 4 members (excludes halogenated alkanes) is 1. The number of likely N-dealkylation sites (tertiary alicyclic amines) is 1. The number of hydrogen-bond donors (Lipinski definition) is 5. The summed E-state index contributed by atoms with van der Waals surface area (Å²) in [7, 11) is 0. The summed E-state index contributed by atoms with van der Waals surface area (Å²) in [5, 5.41) is 5.46. The summed E-state index contributed by atoms with van der Waals surface area (Å²) >= 11 is 0. The number of Topliss-reactive ketones (excluding diaryl/α,β-unsaturated/α-hetero) is 2. The zero-order chi connectivity index (χ0) is 34.3. The first-order valence-electron chi connectivity index (χ1n) is 16.4. The summed E-state index contributed by atoms with van der Waals surface area (Å²) in [6.45, 7) is 5.29. The van der Waals surface area contributed by atoms with Crippen LogP contribution in [-0.2, 0) is 49.3 Å². The molecular weight excluding hydrogens is 614 g/mol. The third-order valence-electron chi connectivity index (χ3n) is 7.65. The molecule has 16 heteroatoms. The fourth-order valence-electron chi connectivity index (χ4n) is 5.11. The van der Waals surface area contributed by atoms with E-state index in [0.717, 1.165) is 12.1 Å². The Morgan fingerprint density at radius 2 is 1.64 bits per heavy atom. The minimum absolute atomic E-state index is 0.00122. The van der Waals surface area contributed by atoms with Gasteiger partial charge < -0.3 is 46.0 Å². The number of carbonyl (C=O) groups is 5. The molecule has 47 heavy (non-hydrogen) atoms. The molecule has 1 fully saturated rings. The lowest BCUT2D eigenvalue weighted by atomic mass is 9.89. The SMILES string of the molecule is CCOCCOCC(=O)NCCOCCOCC(=O)NCCCC[C@H](CC(=O)[C@@H](N)Cc1cnc[nH]1)C(=O)CN1CCC[C@H]1C(N)=O. The van der Waals surface area contributed by atoms with Crippen LogP contribution in [0.5, 0.6) is 0 Å². The van der Waals surface area contributed by atoms with Gasteiger partial charge in [-0.1, -0.05) is 6.42 Å². The fraction of sp³-hybridized carbons (Fsp3) is 0.742. The topological polar surface area (TPSA) is 230 Å². The lowest BCUT2D eigenvalue weighted by Crippen LogP contribution is -2.44. The molecule has 16 nitrogen and oxygen atoms in total. The molecule has 0 bridgehead atoms. The average Bonchev–Trinajstić information content (AvgIpc) is 3.73. The summed E-state index contributed by atoms with van der Waals surface area (Å²) in [4.78, 5) is 70.5. The molecule has 0 unspecified atom stereocenters. The Hall–Kier alpha value is -3.28. The van der Waals surface area contributed by atoms with Crippen LogP contribution in [0.25, 0.3) is 0 Å². The predicted molar refractivity (Wildman–Crippen MR) is 171 cm³/mol. The van der Waals surface area contributed by atoms with E-state index in [2.05, 4.69) is 20.6 Å². The van der Waals surface area contributed by atoms with Crippen LogP contribution >= 0.6 is 0 Å². The van der Waals surface area contributed by atoms with Gasteiger partial charge in [0.05, 0.1) is 58.0 Å². The van der Waals surface area contributed by atoms with E-state index < -0.39 is 23.9 Å². The molecule has 1 aliphatic heterocycles. The second-order valence-corrected chi connectivity index (χ2v) is 11.4. The van der Waals surface area contributed by atoms with E-state index in [1.165, 1.54) is 6.33 Å². The highest BCUT2D eigenvalue weighted by Crippen LogP contribution is 2.21. The van der Waals surface area contributed by atoms with Gasteiger partial charge in [0.25, 0.3) is 0 Å². The highest BCUT2D eigenvalue weighted by molar-refractivity contribution is 5.91. The normalized spacial score (nSPS) is 16.1. The molecule has 7 N–H and O–H groups in total. The number of nitrogens with zero attached hydrogens (tertiary/aromatic N) is 2. The van der Waals surface area contributed by atoms with Gasteiger partial charge >= 0.3 is 0 Å². The number of aromatic nitrogens is 2. The monoisotopic (exact) mass is 667 g/mol. The summed E-state index contributed by atoms with van der Waals surface area (Å²) in [6, 6.07) is -1.25. The highest BCUT2D eigenvalue weighted by Gasteiger charge is 2.33. The molecule has 3 atom stereocenters. The predicted octanol–water partition coefficient (Wildman–Crippen LogP) is -1.14. The maximum atomic E-state index is 13.3. The summed E-state index contributed by atoms with van der Waals surface area (Å²) in [6.07, 6.45) is 6.46. The third kappa shape index (κ3) is 17.4. The van der Waals surface area contributed by atoms with E-state index in [0.29, 0.717) is 78.2 Å². The standard InChI is InChI=1S/C31H53N7O9/c1-2-44-12-14-46-21-30(42)36-9-11-45-13-15-47-20-29(41)35-8-4-3-6-23(16-27(39)25(32)17-24-18-34-22-37-24)28(40)19-38-10-5-7-26(38)31(33)43/h18,22-23,25-26H,2-17,19-21,32H2,1H3,(H2,33,43)(H,34,37)(H,35,41)(H,36,42)/t23-,25+,26+/m1/s1. The summed E-state index contributed by atoms with van der Waals surface area (Å²) in [5.41, 5.74) is 12.4. The number of imidazole rings is 1. The Morgan fingerprint density at radius 3 is 2.30 bits per heavy atom. The van der Waals surface area contributed by atoms with Crippen molar-refractivity contribution in [3.63, 3.8) is 0 Å². The first-order chi connectivity index (χ1) is 22.7. The van der Waals surface area contributed by atoms with Gasteiger partial charge in [-0.15, -0.1) is 0 Å². The molecule has 3 amide bonds. The summed E-state index contributed by atoms with van der Waals surface area (Å²) < 4.78 is 21.0. The van der Waals surface area contributed by atoms with Gasteiger partial charge in [0.2, 0.25) is 17.7 Å². The Balaban J connectivity index is 1.62. The number of ether oxygens (including phenoxy) is 4. The number of amides is 3. The van der Waals surface area contributed by atoms with Crippen molar-refractivity contribution in [2.45, 2.75) is 64.0 Å². The maximum Gasteiger partial charge on any atom is 0.246 e. The second-order valence-electron chi connectivity index (χ2n) is 11.4. The number of rotatable bonds is 28. The number of nitrogens with two attached hydrogens (primary N) is 2. The van der Waals surface area contributed by atoms with Crippen molar-refractivity contribution in [3.05, 3.63) is 18.2 Å². The van der Waals surface area contributed by atoms with Crippen LogP contribution in [0.15, 0.2) is 12.5 Å². The van der Waals surface area contributed by atoms with E-state index >= 15 is 0 Å². The van der Waals surface area contributed by atoms with Gasteiger partial charge in [-0.05, 0) is 39.2 Å². The van der Waals surface area contributed by atoms with Gasteiger partial charge in [0, 0.05) is 50.3 Å². The molecule has 1 saturated heterocycles. The van der Waals surface area contributed by atoms with Crippen molar-refractivity contribution in [1.82, 2.24) is 25.5 Å². The number of nitrogens with one attached hydrogen (secondary N) is 3. The lowest BCUT2D eigenvalue weighted by molar-refractivity contribution is -0.131. The fourth-order valence-corrected chi connectivity index (χ4v) is 5.11. The number of H-pyrrole nitrogens is 1. The Labute approximate surface area is 276 Å². The quantitative estimate of drug-likeness (QED) is 0.0668. The van der Waals surface area contributed by atoms with Gasteiger partial charge in [-0.3, -0.25) is 28.9 Å². The number of ketones is 2. The van der Waals surface area contributed by atoms with Crippen LogP contribution in [-0.4, -0.2) is 135 Å². The molecule has 2 rings (SSSR count). The molecule has 0 saturated carbocycles. The van der Waals surface area contributed by atoms with E-state index in [9.17, 15) is 24.0 Å². The zero-order valence-corrected chi connectivity index (χ0v) is 27.5. The number of hydrogen-bond acceptors (Lipinski definition) is 12. The van der Waals surface area contributed by atoms with E-state index in [-0.39, 0.29) is 62.8 Å². The average molecular weight is 668 g/mol. The molecule has 1 aromatic heterocycles. The molecule has 266 valence electrons. The molecule has 1 aliphatic rings. The largest absolute Gasteiger partial charge is 0.379 e. The molecule has 2 heterocycles. The van der Waals surface area contributed by atoms with Crippen molar-refractivity contribution in [2.75, 3.05) is 79.0 Å². The highest BCUT2D eigenvalue weighted by atomic mass is 16.5. The van der Waals surface area contributed by atoms with Gasteiger partial charge in [0.15, 0.2) is 5.78 Å². The maximum absolute atomic E-state index is 13.3. The minimum atomic E-state index is -0.775. The van der Waals surface area contributed by atoms with Crippen LogP contribution in [0.4, 0.5) is 0 Å². The smallest absolute Gasteiger partial charge is 0.246 e. The molecular formula is C31H53N7O9. The second kappa shape index (κ2) is 23.9. The van der Waals surface area contributed by atoms with Gasteiger partial charge in [-0.2, -0.15) is 0 Å². The Kier molecular flexibility index (Phi) is 20.3. The molecule has 0 aromatic carbocycles. The number of carbonyl (C=O) groups excluding carboxylic acids is 5. The van der Waals surface area contributed by atoms with Crippen LogP contribution < -0.4 is 22.1 Å². The third-order valence-corrected chi connectivity index (χ3v) is 7.65. The van der Waals surface area contributed by atoms with Crippen molar-refractivity contribution in [1.29, 1.82) is 0 Å². The van der Waals surface area contributed by atoms with Gasteiger partial charge in [0.1, 0.15) is 19.0 Å². The van der Waals surface area contributed by atoms with Crippen LogP contribution in [0.1, 0.15) is 51.1 Å². The Morgan fingerprint density at radius 1 is 0.957 bits per heavy atom. The van der Waals surface area contributed by atoms with E-state index in [1.54, 1.807) is 11.1 Å². The minimum Gasteiger partial charge on any atom is -0.379 e. The molecule has 0 radical (unpaired) electrons. The zero-order valence-electron chi connectivity index (χ0n) is 27.5. The van der Waals surface area contributed by atoms with Crippen molar-refractivity contribution in [2.24, 2.45) is 17.4 Å². The van der Waals surface area contributed by atoms with Crippen LogP contribution in [0.2, 0.25) is 0 Å². The lowest BCUT2D eigenvalue weighted by Gasteiger charge is -2.24. The molecule has 0 aliphatic carbocycles.